The fourth-order valence-electron chi connectivity index (χ4n) is 1.05. The van der Waals surface area contributed by atoms with Gasteiger partial charge in [0, 0.05) is 7.11 Å². The van der Waals surface area contributed by atoms with Crippen LogP contribution in [0.1, 0.15) is 11.9 Å². The highest BCUT2D eigenvalue weighted by Crippen LogP contribution is 2.14. The molecule has 0 saturated carbocycles. The Morgan fingerprint density at radius 3 is 3.20 bits per heavy atom. The van der Waals surface area contributed by atoms with Crippen molar-refractivity contribution in [2.24, 2.45) is 5.73 Å². The van der Waals surface area contributed by atoms with E-state index in [1.807, 2.05) is 0 Å². The minimum absolute atomic E-state index is 0.315. The molecule has 0 amide bonds. The lowest BCUT2D eigenvalue weighted by Crippen LogP contribution is -2.16. The molecular formula is C7H10N6O2. The van der Waals surface area contributed by atoms with E-state index in [4.69, 9.17) is 15.0 Å². The van der Waals surface area contributed by atoms with Crippen LogP contribution in [0.15, 0.2) is 10.7 Å². The number of nitrogens with one attached hydrogen (secondary N) is 1. The Morgan fingerprint density at radius 1 is 1.67 bits per heavy atom. The molecule has 2 aromatic heterocycles. The van der Waals surface area contributed by atoms with Crippen molar-refractivity contribution in [2.45, 2.75) is 6.04 Å². The molecule has 0 aliphatic carbocycles. The van der Waals surface area contributed by atoms with Crippen molar-refractivity contribution in [1.82, 2.24) is 25.6 Å². The van der Waals surface area contributed by atoms with Crippen LogP contribution in [0.3, 0.4) is 0 Å². The molecule has 8 heteroatoms. The van der Waals surface area contributed by atoms with Crippen molar-refractivity contribution >= 4 is 0 Å². The van der Waals surface area contributed by atoms with Gasteiger partial charge in [-0.25, -0.2) is 0 Å². The van der Waals surface area contributed by atoms with E-state index in [9.17, 15) is 0 Å². The average Bonchev–Trinajstić information content (AvgIpc) is 2.89. The lowest BCUT2D eigenvalue weighted by Gasteiger charge is -2.02. The van der Waals surface area contributed by atoms with Gasteiger partial charge in [0.15, 0.2) is 5.69 Å². The summed E-state index contributed by atoms with van der Waals surface area (Å²) < 4.78 is 9.83. The standard InChI is InChI=1S/C7H10N6O2/c1-14-3-4(8)7-10-6(12-15-7)5-2-9-13-11-5/h2,4H,3,8H2,1H3,(H,9,11,13). The minimum Gasteiger partial charge on any atom is -0.383 e. The van der Waals surface area contributed by atoms with Crippen LogP contribution in [0.5, 0.6) is 0 Å². The monoisotopic (exact) mass is 210 g/mol. The lowest BCUT2D eigenvalue weighted by molar-refractivity contribution is 0.166. The molecule has 0 bridgehead atoms. The maximum atomic E-state index is 5.71. The second-order valence-corrected chi connectivity index (χ2v) is 2.87. The largest absolute Gasteiger partial charge is 0.383 e. The van der Waals surface area contributed by atoms with Gasteiger partial charge < -0.3 is 15.0 Å². The van der Waals surface area contributed by atoms with E-state index < -0.39 is 6.04 Å². The van der Waals surface area contributed by atoms with Gasteiger partial charge in [-0.05, 0) is 0 Å². The number of methoxy groups -OCH3 is 1. The molecule has 0 saturated heterocycles. The Balaban J connectivity index is 2.17. The molecule has 0 spiro atoms. The Labute approximate surface area is 84.8 Å². The first-order valence-corrected chi connectivity index (χ1v) is 4.25. The van der Waals surface area contributed by atoms with Gasteiger partial charge in [0.25, 0.3) is 0 Å². The topological polar surface area (TPSA) is 116 Å². The van der Waals surface area contributed by atoms with Crippen molar-refractivity contribution < 1.29 is 9.26 Å². The van der Waals surface area contributed by atoms with Gasteiger partial charge >= 0.3 is 0 Å². The summed E-state index contributed by atoms with van der Waals surface area (Å²) >= 11 is 0. The fraction of sp³-hybridized carbons (Fsp3) is 0.429. The number of H-pyrrole nitrogens is 1. The Hall–Kier alpha value is -1.80. The minimum atomic E-state index is -0.428. The molecule has 0 aliphatic rings. The normalized spacial score (nSPS) is 12.9. The van der Waals surface area contributed by atoms with Crippen LogP contribution in [0.4, 0.5) is 0 Å². The molecule has 2 aromatic rings. The summed E-state index contributed by atoms with van der Waals surface area (Å²) in [6.07, 6.45) is 1.50. The smallest absolute Gasteiger partial charge is 0.246 e. The number of rotatable bonds is 4. The molecule has 8 nitrogen and oxygen atoms in total. The Kier molecular flexibility index (Phi) is 2.70. The zero-order valence-electron chi connectivity index (χ0n) is 8.04. The summed E-state index contributed by atoms with van der Waals surface area (Å²) in [4.78, 5) is 4.07. The van der Waals surface area contributed by atoms with E-state index in [1.54, 1.807) is 7.11 Å². The van der Waals surface area contributed by atoms with Crippen molar-refractivity contribution in [3.05, 3.63) is 12.1 Å². The maximum absolute atomic E-state index is 5.71. The molecule has 0 radical (unpaired) electrons. The molecule has 3 N–H and O–H groups in total. The van der Waals surface area contributed by atoms with E-state index in [1.165, 1.54) is 6.20 Å². The molecule has 80 valence electrons. The number of hydrogen-bond donors (Lipinski definition) is 2. The first-order chi connectivity index (χ1) is 7.31. The number of nitrogens with two attached hydrogens (primary N) is 1. The summed E-state index contributed by atoms with van der Waals surface area (Å²) in [5, 5.41) is 13.6. The van der Waals surface area contributed by atoms with E-state index in [0.29, 0.717) is 24.0 Å². The third kappa shape index (κ3) is 2.00. The van der Waals surface area contributed by atoms with E-state index >= 15 is 0 Å². The highest BCUT2D eigenvalue weighted by Gasteiger charge is 2.16. The Bertz CT molecular complexity index is 411. The third-order valence-electron chi connectivity index (χ3n) is 1.75. The predicted octanol–water partition coefficient (Wildman–Crippen LogP) is -0.499. The van der Waals surface area contributed by atoms with Crippen molar-refractivity contribution in [1.29, 1.82) is 0 Å². The summed E-state index contributed by atoms with van der Waals surface area (Å²) in [6, 6.07) is -0.428. The van der Waals surface area contributed by atoms with Crippen LogP contribution in [0.25, 0.3) is 11.5 Å². The molecule has 2 rings (SSSR count). The third-order valence-corrected chi connectivity index (χ3v) is 1.75. The zero-order chi connectivity index (χ0) is 10.7. The summed E-state index contributed by atoms with van der Waals surface area (Å²) in [5.41, 5.74) is 6.22. The van der Waals surface area contributed by atoms with Gasteiger partial charge in [-0.15, -0.1) is 0 Å². The van der Waals surface area contributed by atoms with Crippen molar-refractivity contribution in [3.8, 4) is 11.5 Å². The van der Waals surface area contributed by atoms with Crippen molar-refractivity contribution in [2.75, 3.05) is 13.7 Å². The van der Waals surface area contributed by atoms with Gasteiger partial charge in [0.1, 0.15) is 6.04 Å². The molecule has 0 fully saturated rings. The van der Waals surface area contributed by atoms with Crippen LogP contribution in [0, 0.1) is 0 Å². The Morgan fingerprint density at radius 2 is 2.53 bits per heavy atom. The average molecular weight is 210 g/mol. The summed E-state index contributed by atoms with van der Waals surface area (Å²) in [6.45, 7) is 0.320. The van der Waals surface area contributed by atoms with Crippen LogP contribution < -0.4 is 5.73 Å². The highest BCUT2D eigenvalue weighted by molar-refractivity contribution is 5.44. The van der Waals surface area contributed by atoms with Crippen LogP contribution in [-0.2, 0) is 4.74 Å². The second kappa shape index (κ2) is 4.15. The van der Waals surface area contributed by atoms with Gasteiger partial charge in [0.2, 0.25) is 11.7 Å². The fourth-order valence-corrected chi connectivity index (χ4v) is 1.05. The molecule has 1 atom stereocenters. The molecule has 2 heterocycles. The number of ether oxygens (including phenoxy) is 1. The quantitative estimate of drug-likeness (QED) is 0.698. The number of aromatic nitrogens is 5. The first kappa shape index (κ1) is 9.74. The lowest BCUT2D eigenvalue weighted by atomic mass is 10.3. The molecule has 0 aliphatic heterocycles. The number of aromatic amines is 1. The van der Waals surface area contributed by atoms with Crippen LogP contribution >= 0.6 is 0 Å². The molecule has 0 aromatic carbocycles. The van der Waals surface area contributed by atoms with E-state index in [0.717, 1.165) is 0 Å². The van der Waals surface area contributed by atoms with Gasteiger partial charge in [-0.2, -0.15) is 20.4 Å². The second-order valence-electron chi connectivity index (χ2n) is 2.87. The van der Waals surface area contributed by atoms with Gasteiger partial charge in [-0.1, -0.05) is 5.16 Å². The van der Waals surface area contributed by atoms with Crippen molar-refractivity contribution in [3.63, 3.8) is 0 Å². The van der Waals surface area contributed by atoms with Gasteiger partial charge in [0.05, 0.1) is 12.8 Å². The van der Waals surface area contributed by atoms with Crippen LogP contribution in [0.2, 0.25) is 0 Å². The SMILES string of the molecule is COCC(N)c1nc(-c2cn[nH]n2)no1. The van der Waals surface area contributed by atoms with E-state index in [-0.39, 0.29) is 0 Å². The predicted molar refractivity (Wildman–Crippen MR) is 48.5 cm³/mol. The zero-order valence-corrected chi connectivity index (χ0v) is 8.04. The first-order valence-electron chi connectivity index (χ1n) is 4.25. The van der Waals surface area contributed by atoms with Crippen LogP contribution in [-0.4, -0.2) is 39.3 Å². The van der Waals surface area contributed by atoms with E-state index in [2.05, 4.69) is 25.6 Å². The summed E-state index contributed by atoms with van der Waals surface area (Å²) in [5.74, 6) is 0.667. The molecule has 1 unspecified atom stereocenters. The summed E-state index contributed by atoms with van der Waals surface area (Å²) in [7, 11) is 1.55. The maximum Gasteiger partial charge on any atom is 0.246 e. The molecule has 15 heavy (non-hydrogen) atoms. The number of hydrogen-bond acceptors (Lipinski definition) is 7. The molecular weight excluding hydrogens is 200 g/mol. The van der Waals surface area contributed by atoms with Gasteiger partial charge in [-0.3, -0.25) is 0 Å². The highest BCUT2D eigenvalue weighted by atomic mass is 16.5. The number of nitrogens with zero attached hydrogens (tertiary/aromatic N) is 4.